The quantitative estimate of drug-likeness (QED) is 0.198. The van der Waals surface area contributed by atoms with Gasteiger partial charge in [0.25, 0.3) is 0 Å². The second-order valence-corrected chi connectivity index (χ2v) is 13.8. The molecule has 12 heteroatoms. The number of nitrogens with zero attached hydrogens (tertiary/aromatic N) is 4. The number of carbonyl (C=O) groups is 4. The van der Waals surface area contributed by atoms with Gasteiger partial charge in [-0.05, 0) is 94.9 Å². The van der Waals surface area contributed by atoms with E-state index < -0.39 is 27.9 Å². The van der Waals surface area contributed by atoms with Gasteiger partial charge in [0, 0.05) is 75.4 Å². The monoisotopic (exact) mass is 652 g/mol. The second kappa shape index (κ2) is 15.6. The van der Waals surface area contributed by atoms with Crippen molar-refractivity contribution in [2.24, 2.45) is 11.8 Å². The van der Waals surface area contributed by atoms with Gasteiger partial charge in [-0.3, -0.25) is 24.7 Å². The first kappa shape index (κ1) is 35.6. The Hall–Kier alpha value is -4.22. The number of carbonyl (C=O) groups excluding carboxylic acids is 4. The van der Waals surface area contributed by atoms with E-state index in [9.17, 15) is 33.7 Å². The Labute approximate surface area is 275 Å². The molecule has 2 atom stereocenters. The molecule has 2 saturated heterocycles. The maximum Gasteiger partial charge on any atom is 0.410 e. The predicted molar refractivity (Wildman–Crippen MR) is 173 cm³/mol. The van der Waals surface area contributed by atoms with Crippen LogP contribution >= 0.6 is 0 Å². The molecule has 2 aliphatic heterocycles. The van der Waals surface area contributed by atoms with Gasteiger partial charge in [-0.2, -0.15) is 4.39 Å². The van der Waals surface area contributed by atoms with Crippen LogP contribution in [0.25, 0.3) is 11.1 Å². The van der Waals surface area contributed by atoms with Gasteiger partial charge in [-0.25, -0.2) is 4.79 Å². The highest BCUT2D eigenvalue weighted by atomic mass is 19.1. The third-order valence-corrected chi connectivity index (χ3v) is 8.95. The first-order valence-corrected chi connectivity index (χ1v) is 16.4. The largest absolute Gasteiger partial charge is 0.444 e. The molecule has 0 bridgehead atoms. The van der Waals surface area contributed by atoms with E-state index in [1.165, 1.54) is 19.2 Å². The van der Waals surface area contributed by atoms with E-state index in [4.69, 9.17) is 4.74 Å². The molecular weight excluding hydrogens is 607 g/mol. The van der Waals surface area contributed by atoms with Gasteiger partial charge in [0.2, 0.25) is 11.7 Å². The Balaban J connectivity index is 1.33. The third kappa shape index (κ3) is 10.1. The maximum absolute atomic E-state index is 13.9. The van der Waals surface area contributed by atoms with Crippen LogP contribution in [0.5, 0.6) is 0 Å². The molecule has 1 aromatic carbocycles. The lowest BCUT2D eigenvalue weighted by Gasteiger charge is -2.35. The molecule has 1 aromatic heterocycles. The lowest BCUT2D eigenvalue weighted by atomic mass is 9.83. The maximum atomic E-state index is 13.9. The summed E-state index contributed by atoms with van der Waals surface area (Å²) in [4.78, 5) is 69.6. The van der Waals surface area contributed by atoms with Crippen LogP contribution in [0.3, 0.4) is 0 Å². The van der Waals surface area contributed by atoms with Crippen LogP contribution in [-0.4, -0.2) is 75.1 Å². The number of ether oxygens (including phenoxy) is 1. The summed E-state index contributed by atoms with van der Waals surface area (Å²) in [6.07, 6.45) is 7.13. The first-order valence-electron chi connectivity index (χ1n) is 16.4. The van der Waals surface area contributed by atoms with Crippen molar-refractivity contribution < 1.29 is 33.2 Å². The number of halogens is 1. The molecule has 47 heavy (non-hydrogen) atoms. The van der Waals surface area contributed by atoms with E-state index in [1.54, 1.807) is 22.1 Å². The molecule has 3 heterocycles. The summed E-state index contributed by atoms with van der Waals surface area (Å²) in [6.45, 7) is 9.16. The van der Waals surface area contributed by atoms with Crippen molar-refractivity contribution >= 4 is 29.3 Å². The number of rotatable bonds is 11. The number of nitro benzene ring substituents is 1. The Morgan fingerprint density at radius 2 is 1.74 bits per heavy atom. The number of piperidine rings is 2. The molecule has 0 radical (unpaired) electrons. The highest BCUT2D eigenvalue weighted by Gasteiger charge is 2.32. The van der Waals surface area contributed by atoms with E-state index >= 15 is 0 Å². The van der Waals surface area contributed by atoms with Gasteiger partial charge >= 0.3 is 11.8 Å². The fourth-order valence-corrected chi connectivity index (χ4v) is 6.42. The second-order valence-electron chi connectivity index (χ2n) is 13.8. The number of benzene rings is 1. The van der Waals surface area contributed by atoms with E-state index in [2.05, 4.69) is 4.98 Å². The number of amides is 2. The summed E-state index contributed by atoms with van der Waals surface area (Å²) < 4.78 is 19.4. The van der Waals surface area contributed by atoms with Crippen molar-refractivity contribution in [3.05, 3.63) is 58.2 Å². The summed E-state index contributed by atoms with van der Waals surface area (Å²) in [6, 6.07) is 5.33. The van der Waals surface area contributed by atoms with Gasteiger partial charge < -0.3 is 19.3 Å². The zero-order valence-electron chi connectivity index (χ0n) is 27.7. The molecule has 2 aliphatic rings. The number of nitro groups is 1. The minimum Gasteiger partial charge on any atom is -0.444 e. The van der Waals surface area contributed by atoms with Crippen molar-refractivity contribution in [2.75, 3.05) is 26.2 Å². The van der Waals surface area contributed by atoms with Crippen molar-refractivity contribution in [3.8, 4) is 11.1 Å². The molecule has 0 aliphatic carbocycles. The number of aromatic nitrogens is 1. The van der Waals surface area contributed by atoms with Crippen LogP contribution in [-0.2, 0) is 19.1 Å². The highest BCUT2D eigenvalue weighted by molar-refractivity contribution is 5.85. The van der Waals surface area contributed by atoms with E-state index in [1.807, 2.05) is 20.8 Å². The number of hydrogen-bond acceptors (Lipinski definition) is 8. The normalized spacial score (nSPS) is 18.0. The molecule has 0 N–H and O–H groups in total. The standard InChI is InChI=1S/C35H45FN4O7/c1-23(41)16-27(29-17-28(20-37-21-29)25-8-9-30(36)31(18-25)40(45)46)19-32(42)26-6-5-13-39(22-26)33(43)10-7-24-11-14-38(15-12-24)34(44)47-35(2,3)4/h8-9,17-18,20-21,24,26-27H,5-7,10-16,19,22H2,1-4H3/t26-,27?/m1/s1. The number of ketones is 2. The van der Waals surface area contributed by atoms with Crippen LogP contribution < -0.4 is 0 Å². The summed E-state index contributed by atoms with van der Waals surface area (Å²) in [7, 11) is 0. The number of likely N-dealkylation sites (tertiary alicyclic amines) is 2. The summed E-state index contributed by atoms with van der Waals surface area (Å²) in [5.74, 6) is -1.48. The molecule has 0 spiro atoms. The van der Waals surface area contributed by atoms with Crippen molar-refractivity contribution in [3.63, 3.8) is 0 Å². The molecule has 2 aromatic rings. The molecule has 2 amide bonds. The Morgan fingerprint density at radius 3 is 2.40 bits per heavy atom. The number of hydrogen-bond donors (Lipinski definition) is 0. The van der Waals surface area contributed by atoms with Crippen LogP contribution in [0, 0.1) is 27.8 Å². The van der Waals surface area contributed by atoms with Crippen LogP contribution in [0.4, 0.5) is 14.9 Å². The van der Waals surface area contributed by atoms with Crippen LogP contribution in [0.15, 0.2) is 36.7 Å². The summed E-state index contributed by atoms with van der Waals surface area (Å²) >= 11 is 0. The third-order valence-electron chi connectivity index (χ3n) is 8.95. The minimum absolute atomic E-state index is 0.0221. The summed E-state index contributed by atoms with van der Waals surface area (Å²) in [5, 5.41) is 11.2. The average molecular weight is 653 g/mol. The Morgan fingerprint density at radius 1 is 1.02 bits per heavy atom. The number of Topliss-reactive ketones (excluding diaryl/α,β-unsaturated/α-hetero) is 2. The van der Waals surface area contributed by atoms with E-state index in [-0.39, 0.29) is 42.3 Å². The van der Waals surface area contributed by atoms with Gasteiger partial charge in [0.05, 0.1) is 4.92 Å². The number of pyridine rings is 1. The van der Waals surface area contributed by atoms with E-state index in [0.29, 0.717) is 68.0 Å². The van der Waals surface area contributed by atoms with Crippen molar-refractivity contribution in [2.45, 2.75) is 90.6 Å². The van der Waals surface area contributed by atoms with E-state index in [0.717, 1.165) is 31.4 Å². The van der Waals surface area contributed by atoms with Crippen LogP contribution in [0.1, 0.15) is 90.5 Å². The molecule has 1 unspecified atom stereocenters. The molecule has 2 fully saturated rings. The summed E-state index contributed by atoms with van der Waals surface area (Å²) in [5.41, 5.74) is 0.359. The molecule has 11 nitrogen and oxygen atoms in total. The first-order chi connectivity index (χ1) is 22.2. The van der Waals surface area contributed by atoms with Gasteiger partial charge in [0.15, 0.2) is 0 Å². The van der Waals surface area contributed by atoms with Crippen molar-refractivity contribution in [1.82, 2.24) is 14.8 Å². The lowest BCUT2D eigenvalue weighted by Crippen LogP contribution is -2.43. The lowest BCUT2D eigenvalue weighted by molar-refractivity contribution is -0.387. The smallest absolute Gasteiger partial charge is 0.410 e. The van der Waals surface area contributed by atoms with Gasteiger partial charge in [0.1, 0.15) is 17.2 Å². The molecule has 4 rings (SSSR count). The SMILES string of the molecule is CC(=O)CC(CC(=O)[C@@H]1CCCN(C(=O)CCC2CCN(C(=O)OC(C)(C)C)CC2)C1)c1cncc(-c2ccc(F)c([N+](=O)[O-])c2)c1. The molecular formula is C35H45FN4O7. The Bertz CT molecular complexity index is 1480. The fourth-order valence-electron chi connectivity index (χ4n) is 6.42. The molecule has 0 saturated carbocycles. The average Bonchev–Trinajstić information content (AvgIpc) is 3.02. The fraction of sp³-hybridized carbons (Fsp3) is 0.571. The van der Waals surface area contributed by atoms with Gasteiger partial charge in [-0.15, -0.1) is 0 Å². The minimum atomic E-state index is -0.941. The van der Waals surface area contributed by atoms with Crippen molar-refractivity contribution in [1.29, 1.82) is 0 Å². The zero-order valence-corrected chi connectivity index (χ0v) is 27.7. The topological polar surface area (TPSA) is 140 Å². The Kier molecular flexibility index (Phi) is 11.8. The van der Waals surface area contributed by atoms with Gasteiger partial charge in [-0.1, -0.05) is 6.07 Å². The van der Waals surface area contributed by atoms with Crippen LogP contribution in [0.2, 0.25) is 0 Å². The molecule has 254 valence electrons. The highest BCUT2D eigenvalue weighted by Crippen LogP contribution is 2.32. The zero-order chi connectivity index (χ0) is 34.3. The predicted octanol–water partition coefficient (Wildman–Crippen LogP) is 6.48.